The van der Waals surface area contributed by atoms with Gasteiger partial charge in [0.15, 0.2) is 11.6 Å². The van der Waals surface area contributed by atoms with Crippen molar-refractivity contribution in [2.24, 2.45) is 0 Å². The molecule has 21 heavy (non-hydrogen) atoms. The van der Waals surface area contributed by atoms with Crippen LogP contribution in [0.1, 0.15) is 26.7 Å². The van der Waals surface area contributed by atoms with Crippen LogP contribution in [-0.4, -0.2) is 43.2 Å². The highest BCUT2D eigenvalue weighted by Crippen LogP contribution is 2.34. The van der Waals surface area contributed by atoms with E-state index in [1.54, 1.807) is 6.07 Å². The molecule has 0 radical (unpaired) electrons. The predicted octanol–water partition coefficient (Wildman–Crippen LogP) is 2.48. The second-order valence-corrected chi connectivity index (χ2v) is 6.26. The van der Waals surface area contributed by atoms with E-state index in [9.17, 15) is 4.39 Å². The third-order valence-electron chi connectivity index (χ3n) is 4.16. The van der Waals surface area contributed by atoms with Crippen LogP contribution in [0.15, 0.2) is 12.1 Å². The van der Waals surface area contributed by atoms with Crippen LogP contribution in [0.5, 0.6) is 5.75 Å². The zero-order valence-electron chi connectivity index (χ0n) is 12.8. The molecule has 3 rings (SSSR count). The second-order valence-electron chi connectivity index (χ2n) is 6.26. The molecule has 4 nitrogen and oxygen atoms in total. The summed E-state index contributed by atoms with van der Waals surface area (Å²) < 4.78 is 19.4. The summed E-state index contributed by atoms with van der Waals surface area (Å²) in [6.07, 6.45) is 2.62. The number of hydrogen-bond donors (Lipinski definition) is 1. The van der Waals surface area contributed by atoms with E-state index >= 15 is 0 Å². The van der Waals surface area contributed by atoms with E-state index in [0.29, 0.717) is 11.4 Å². The fourth-order valence-electron chi connectivity index (χ4n) is 2.94. The Kier molecular flexibility index (Phi) is 3.93. The molecule has 0 atom stereocenters. The molecular formula is C16H24FN3O. The number of ether oxygens (including phenoxy) is 1. The van der Waals surface area contributed by atoms with Crippen molar-refractivity contribution in [3.8, 4) is 5.75 Å². The van der Waals surface area contributed by atoms with E-state index in [1.165, 1.54) is 18.9 Å². The number of nitrogen functional groups attached to an aromatic ring is 1. The van der Waals surface area contributed by atoms with Crippen molar-refractivity contribution in [1.29, 1.82) is 0 Å². The Balaban J connectivity index is 1.74. The van der Waals surface area contributed by atoms with Gasteiger partial charge in [-0.3, -0.25) is 4.90 Å². The van der Waals surface area contributed by atoms with Gasteiger partial charge < -0.3 is 15.4 Å². The minimum atomic E-state index is -0.387. The monoisotopic (exact) mass is 293 g/mol. The normalized spacial score (nSPS) is 20.1. The molecule has 2 N–H and O–H groups in total. The Morgan fingerprint density at radius 3 is 2.43 bits per heavy atom. The third kappa shape index (κ3) is 3.23. The minimum absolute atomic E-state index is 0.0531. The molecule has 0 bridgehead atoms. The third-order valence-corrected chi connectivity index (χ3v) is 4.16. The topological polar surface area (TPSA) is 41.7 Å². The first-order valence-corrected chi connectivity index (χ1v) is 7.79. The van der Waals surface area contributed by atoms with Gasteiger partial charge in [0.1, 0.15) is 0 Å². The fraction of sp³-hybridized carbons (Fsp3) is 0.625. The molecule has 1 saturated carbocycles. The first-order chi connectivity index (χ1) is 10.0. The van der Waals surface area contributed by atoms with E-state index in [-0.39, 0.29) is 11.9 Å². The van der Waals surface area contributed by atoms with Crippen LogP contribution in [0.3, 0.4) is 0 Å². The van der Waals surface area contributed by atoms with Crippen molar-refractivity contribution in [2.75, 3.05) is 36.8 Å². The largest absolute Gasteiger partial charge is 0.488 e. The molecule has 116 valence electrons. The van der Waals surface area contributed by atoms with Gasteiger partial charge in [0.2, 0.25) is 0 Å². The van der Waals surface area contributed by atoms with Crippen LogP contribution in [0.4, 0.5) is 15.8 Å². The summed E-state index contributed by atoms with van der Waals surface area (Å²) in [6.45, 7) is 7.78. The summed E-state index contributed by atoms with van der Waals surface area (Å²) in [4.78, 5) is 4.78. The van der Waals surface area contributed by atoms with Gasteiger partial charge in [0.25, 0.3) is 0 Å². The average Bonchev–Trinajstić information content (AvgIpc) is 3.26. The van der Waals surface area contributed by atoms with Crippen molar-refractivity contribution in [3.05, 3.63) is 17.9 Å². The quantitative estimate of drug-likeness (QED) is 0.866. The van der Waals surface area contributed by atoms with Crippen molar-refractivity contribution in [2.45, 2.75) is 38.8 Å². The molecule has 1 aliphatic heterocycles. The lowest BCUT2D eigenvalue weighted by Crippen LogP contribution is -2.47. The Labute approximate surface area is 125 Å². The molecule has 0 unspecified atom stereocenters. The lowest BCUT2D eigenvalue weighted by molar-refractivity contribution is 0.230. The predicted molar refractivity (Wildman–Crippen MR) is 83.4 cm³/mol. The summed E-state index contributed by atoms with van der Waals surface area (Å²) in [5, 5.41) is 0. The van der Waals surface area contributed by atoms with Crippen molar-refractivity contribution >= 4 is 11.4 Å². The van der Waals surface area contributed by atoms with E-state index in [2.05, 4.69) is 9.80 Å². The molecule has 0 aromatic heterocycles. The molecule has 1 saturated heterocycles. The zero-order chi connectivity index (χ0) is 15.0. The van der Waals surface area contributed by atoms with Crippen molar-refractivity contribution in [3.63, 3.8) is 0 Å². The maximum absolute atomic E-state index is 13.9. The van der Waals surface area contributed by atoms with Crippen LogP contribution < -0.4 is 15.4 Å². The summed E-state index contributed by atoms with van der Waals surface area (Å²) >= 11 is 0. The number of piperazine rings is 1. The zero-order valence-corrected chi connectivity index (χ0v) is 12.8. The summed E-state index contributed by atoms with van der Waals surface area (Å²) in [6, 6.07) is 3.93. The number of hydrogen-bond acceptors (Lipinski definition) is 4. The average molecular weight is 293 g/mol. The summed E-state index contributed by atoms with van der Waals surface area (Å²) in [5.41, 5.74) is 7.39. The van der Waals surface area contributed by atoms with Gasteiger partial charge in [-0.15, -0.1) is 0 Å². The molecule has 0 spiro atoms. The van der Waals surface area contributed by atoms with Crippen molar-refractivity contribution in [1.82, 2.24) is 4.90 Å². The van der Waals surface area contributed by atoms with Gasteiger partial charge in [-0.1, -0.05) is 0 Å². The van der Waals surface area contributed by atoms with Crippen LogP contribution in [-0.2, 0) is 0 Å². The molecule has 2 fully saturated rings. The highest BCUT2D eigenvalue weighted by Gasteiger charge is 2.31. The van der Waals surface area contributed by atoms with Gasteiger partial charge in [-0.2, -0.15) is 0 Å². The van der Waals surface area contributed by atoms with E-state index < -0.39 is 0 Å². The maximum Gasteiger partial charge on any atom is 0.167 e. The first-order valence-electron chi connectivity index (χ1n) is 7.79. The van der Waals surface area contributed by atoms with Gasteiger partial charge in [0.05, 0.1) is 17.5 Å². The van der Waals surface area contributed by atoms with Crippen LogP contribution in [0.2, 0.25) is 0 Å². The first kappa shape index (κ1) is 14.4. The number of nitrogens with two attached hydrogens (primary N) is 1. The SMILES string of the molecule is CC(C)Oc1cc(N2CCN(C3CC3)CC2)c(N)cc1F. The molecule has 5 heteroatoms. The standard InChI is InChI=1S/C16H24FN3O/c1-11(2)21-16-10-15(14(18)9-13(16)17)20-7-5-19(6-8-20)12-3-4-12/h9-12H,3-8,18H2,1-2H3. The lowest BCUT2D eigenvalue weighted by Gasteiger charge is -2.36. The number of rotatable bonds is 4. The highest BCUT2D eigenvalue weighted by molar-refractivity contribution is 5.70. The maximum atomic E-state index is 13.9. The number of halogens is 1. The number of benzene rings is 1. The Hall–Kier alpha value is -1.49. The van der Waals surface area contributed by atoms with Crippen LogP contribution >= 0.6 is 0 Å². The summed E-state index contributed by atoms with van der Waals surface area (Å²) in [7, 11) is 0. The summed E-state index contributed by atoms with van der Waals surface area (Å²) in [5.74, 6) is -0.0969. The highest BCUT2D eigenvalue weighted by atomic mass is 19.1. The molecule has 2 aliphatic rings. The number of nitrogens with zero attached hydrogens (tertiary/aromatic N) is 2. The van der Waals surface area contributed by atoms with Crippen LogP contribution in [0.25, 0.3) is 0 Å². The molecular weight excluding hydrogens is 269 g/mol. The van der Waals surface area contributed by atoms with E-state index in [1.807, 2.05) is 13.8 Å². The van der Waals surface area contributed by atoms with E-state index in [0.717, 1.165) is 37.9 Å². The van der Waals surface area contributed by atoms with Gasteiger partial charge >= 0.3 is 0 Å². The molecule has 1 aromatic carbocycles. The van der Waals surface area contributed by atoms with Gasteiger partial charge in [-0.05, 0) is 26.7 Å². The van der Waals surface area contributed by atoms with Gasteiger partial charge in [-0.25, -0.2) is 4.39 Å². The van der Waals surface area contributed by atoms with Gasteiger partial charge in [0, 0.05) is 44.4 Å². The minimum Gasteiger partial charge on any atom is -0.488 e. The molecule has 1 aromatic rings. The fourth-order valence-corrected chi connectivity index (χ4v) is 2.94. The Morgan fingerprint density at radius 1 is 1.19 bits per heavy atom. The van der Waals surface area contributed by atoms with Crippen LogP contribution in [0, 0.1) is 5.82 Å². The molecule has 0 amide bonds. The second kappa shape index (κ2) is 5.72. The molecule has 1 heterocycles. The van der Waals surface area contributed by atoms with Crippen molar-refractivity contribution < 1.29 is 9.13 Å². The lowest BCUT2D eigenvalue weighted by atomic mass is 10.2. The Morgan fingerprint density at radius 2 is 1.86 bits per heavy atom. The number of anilines is 2. The Bertz CT molecular complexity index is 508. The molecule has 1 aliphatic carbocycles. The van der Waals surface area contributed by atoms with E-state index in [4.69, 9.17) is 10.5 Å². The smallest absolute Gasteiger partial charge is 0.167 e.